The molecular weight excluding hydrogens is 232 g/mol. The smallest absolute Gasteiger partial charge is 0.123 e. The summed E-state index contributed by atoms with van der Waals surface area (Å²) < 4.78 is 0. The standard InChI is InChI=1S/C18H32O/c1-14-7-5-10-16(15(14)2)11-6-12-17-8-3-4-9-18(17)13-19/h13-18H,3-12H2,1-2H3. The van der Waals surface area contributed by atoms with E-state index in [-0.39, 0.29) is 0 Å². The van der Waals surface area contributed by atoms with Gasteiger partial charge >= 0.3 is 0 Å². The zero-order valence-electron chi connectivity index (χ0n) is 12.9. The molecule has 5 atom stereocenters. The second-order valence-electron chi connectivity index (χ2n) is 7.30. The first-order valence-corrected chi connectivity index (χ1v) is 8.67. The highest BCUT2D eigenvalue weighted by molar-refractivity contribution is 5.54. The Labute approximate surface area is 119 Å². The summed E-state index contributed by atoms with van der Waals surface area (Å²) in [6, 6.07) is 0. The van der Waals surface area contributed by atoms with Gasteiger partial charge in [0.2, 0.25) is 0 Å². The third-order valence-corrected chi connectivity index (χ3v) is 6.17. The zero-order chi connectivity index (χ0) is 13.7. The van der Waals surface area contributed by atoms with Crippen LogP contribution in [0.3, 0.4) is 0 Å². The van der Waals surface area contributed by atoms with Gasteiger partial charge in [0.25, 0.3) is 0 Å². The maximum atomic E-state index is 11.1. The maximum absolute atomic E-state index is 11.1. The van der Waals surface area contributed by atoms with E-state index in [9.17, 15) is 4.79 Å². The van der Waals surface area contributed by atoms with Crippen LogP contribution in [0.15, 0.2) is 0 Å². The minimum Gasteiger partial charge on any atom is -0.303 e. The van der Waals surface area contributed by atoms with Crippen LogP contribution in [0.2, 0.25) is 0 Å². The van der Waals surface area contributed by atoms with Gasteiger partial charge in [-0.05, 0) is 42.9 Å². The minimum absolute atomic E-state index is 0.386. The molecular formula is C18H32O. The van der Waals surface area contributed by atoms with E-state index in [1.807, 2.05) is 0 Å². The molecule has 0 heterocycles. The fourth-order valence-corrected chi connectivity index (χ4v) is 4.52. The van der Waals surface area contributed by atoms with E-state index in [0.717, 1.165) is 24.2 Å². The Hall–Kier alpha value is -0.330. The van der Waals surface area contributed by atoms with Crippen LogP contribution in [0.4, 0.5) is 0 Å². The van der Waals surface area contributed by atoms with Gasteiger partial charge in [0.15, 0.2) is 0 Å². The van der Waals surface area contributed by atoms with Crippen molar-refractivity contribution in [2.24, 2.45) is 29.6 Å². The highest BCUT2D eigenvalue weighted by atomic mass is 16.1. The van der Waals surface area contributed by atoms with Crippen molar-refractivity contribution in [3.05, 3.63) is 0 Å². The lowest BCUT2D eigenvalue weighted by molar-refractivity contribution is -0.113. The third-order valence-electron chi connectivity index (χ3n) is 6.17. The molecule has 0 bridgehead atoms. The lowest BCUT2D eigenvalue weighted by Gasteiger charge is -2.35. The molecule has 0 aliphatic heterocycles. The summed E-state index contributed by atoms with van der Waals surface area (Å²) >= 11 is 0. The molecule has 5 unspecified atom stereocenters. The summed E-state index contributed by atoms with van der Waals surface area (Å²) in [6.07, 6.45) is 14.7. The highest BCUT2D eigenvalue weighted by Gasteiger charge is 2.28. The molecule has 0 radical (unpaired) electrons. The molecule has 110 valence electrons. The Balaban J connectivity index is 1.71. The van der Waals surface area contributed by atoms with Crippen molar-refractivity contribution in [2.75, 3.05) is 0 Å². The summed E-state index contributed by atoms with van der Waals surface area (Å²) in [6.45, 7) is 4.89. The quantitative estimate of drug-likeness (QED) is 0.621. The Bertz CT molecular complexity index is 273. The van der Waals surface area contributed by atoms with Crippen molar-refractivity contribution < 1.29 is 4.79 Å². The molecule has 0 saturated heterocycles. The second-order valence-corrected chi connectivity index (χ2v) is 7.30. The van der Waals surface area contributed by atoms with E-state index >= 15 is 0 Å². The predicted molar refractivity (Wildman–Crippen MR) is 81.0 cm³/mol. The van der Waals surface area contributed by atoms with Crippen LogP contribution < -0.4 is 0 Å². The van der Waals surface area contributed by atoms with Crippen molar-refractivity contribution >= 4 is 6.29 Å². The van der Waals surface area contributed by atoms with Gasteiger partial charge in [-0.2, -0.15) is 0 Å². The molecule has 0 aromatic rings. The Morgan fingerprint density at radius 3 is 2.37 bits per heavy atom. The third kappa shape index (κ3) is 4.07. The van der Waals surface area contributed by atoms with Crippen molar-refractivity contribution in [2.45, 2.75) is 78.1 Å². The number of rotatable bonds is 5. The molecule has 19 heavy (non-hydrogen) atoms. The first-order chi connectivity index (χ1) is 9.22. The molecule has 1 heteroatoms. The lowest BCUT2D eigenvalue weighted by atomic mass is 9.71. The second kappa shape index (κ2) is 7.45. The van der Waals surface area contributed by atoms with Crippen molar-refractivity contribution in [1.29, 1.82) is 0 Å². The highest BCUT2D eigenvalue weighted by Crippen LogP contribution is 2.38. The van der Waals surface area contributed by atoms with E-state index < -0.39 is 0 Å². The van der Waals surface area contributed by atoms with Crippen LogP contribution in [0.1, 0.15) is 78.1 Å². The van der Waals surface area contributed by atoms with Gasteiger partial charge in [0.05, 0.1) is 0 Å². The van der Waals surface area contributed by atoms with Crippen LogP contribution in [-0.2, 0) is 4.79 Å². The summed E-state index contributed by atoms with van der Waals surface area (Å²) in [4.78, 5) is 11.1. The van der Waals surface area contributed by atoms with Crippen LogP contribution in [-0.4, -0.2) is 6.29 Å². The normalized spacial score (nSPS) is 40.0. The van der Waals surface area contributed by atoms with Crippen molar-refractivity contribution in [1.82, 2.24) is 0 Å². The summed E-state index contributed by atoms with van der Waals surface area (Å²) in [5.74, 6) is 3.90. The largest absolute Gasteiger partial charge is 0.303 e. The van der Waals surface area contributed by atoms with E-state index in [2.05, 4.69) is 13.8 Å². The minimum atomic E-state index is 0.386. The molecule has 2 fully saturated rings. The van der Waals surface area contributed by atoms with E-state index in [1.165, 1.54) is 64.1 Å². The number of aldehydes is 1. The Morgan fingerprint density at radius 2 is 1.58 bits per heavy atom. The van der Waals surface area contributed by atoms with Crippen LogP contribution in [0, 0.1) is 29.6 Å². The van der Waals surface area contributed by atoms with E-state index in [0.29, 0.717) is 11.8 Å². The van der Waals surface area contributed by atoms with Gasteiger partial charge in [0, 0.05) is 5.92 Å². The fourth-order valence-electron chi connectivity index (χ4n) is 4.52. The molecule has 0 spiro atoms. The zero-order valence-corrected chi connectivity index (χ0v) is 12.9. The fraction of sp³-hybridized carbons (Fsp3) is 0.944. The maximum Gasteiger partial charge on any atom is 0.123 e. The van der Waals surface area contributed by atoms with Gasteiger partial charge in [-0.25, -0.2) is 0 Å². The molecule has 2 aliphatic carbocycles. The SMILES string of the molecule is CC1CCCC(CCCC2CCCCC2C=O)C1C. The summed E-state index contributed by atoms with van der Waals surface area (Å²) in [5.41, 5.74) is 0. The molecule has 2 rings (SSSR count). The average molecular weight is 264 g/mol. The molecule has 0 aromatic heterocycles. The molecule has 0 amide bonds. The monoisotopic (exact) mass is 264 g/mol. The average Bonchev–Trinajstić information content (AvgIpc) is 2.44. The summed E-state index contributed by atoms with van der Waals surface area (Å²) in [5, 5.41) is 0. The van der Waals surface area contributed by atoms with Crippen LogP contribution >= 0.6 is 0 Å². The van der Waals surface area contributed by atoms with Gasteiger partial charge in [-0.15, -0.1) is 0 Å². The van der Waals surface area contributed by atoms with Gasteiger partial charge in [-0.3, -0.25) is 0 Å². The van der Waals surface area contributed by atoms with Crippen molar-refractivity contribution in [3.63, 3.8) is 0 Å². The molecule has 0 aromatic carbocycles. The topological polar surface area (TPSA) is 17.1 Å². The predicted octanol–water partition coefficient (Wildman–Crippen LogP) is 5.23. The lowest BCUT2D eigenvalue weighted by Crippen LogP contribution is -2.25. The molecule has 2 aliphatic rings. The Kier molecular flexibility index (Phi) is 5.91. The summed E-state index contributed by atoms with van der Waals surface area (Å²) in [7, 11) is 0. The molecule has 0 N–H and O–H groups in total. The van der Waals surface area contributed by atoms with Crippen molar-refractivity contribution in [3.8, 4) is 0 Å². The molecule has 2 saturated carbocycles. The number of carbonyl (C=O) groups excluding carboxylic acids is 1. The number of hydrogen-bond donors (Lipinski definition) is 0. The Morgan fingerprint density at radius 1 is 0.895 bits per heavy atom. The molecule has 1 nitrogen and oxygen atoms in total. The van der Waals surface area contributed by atoms with Crippen LogP contribution in [0.25, 0.3) is 0 Å². The van der Waals surface area contributed by atoms with Gasteiger partial charge in [-0.1, -0.05) is 58.8 Å². The first kappa shape index (κ1) is 15.1. The van der Waals surface area contributed by atoms with Crippen LogP contribution in [0.5, 0.6) is 0 Å². The van der Waals surface area contributed by atoms with E-state index in [4.69, 9.17) is 0 Å². The number of hydrogen-bond acceptors (Lipinski definition) is 1. The van der Waals surface area contributed by atoms with Gasteiger partial charge < -0.3 is 4.79 Å². The first-order valence-electron chi connectivity index (χ1n) is 8.67. The number of carbonyl (C=O) groups is 1. The van der Waals surface area contributed by atoms with Gasteiger partial charge in [0.1, 0.15) is 6.29 Å². The van der Waals surface area contributed by atoms with E-state index in [1.54, 1.807) is 0 Å².